The van der Waals surface area contributed by atoms with Gasteiger partial charge in [0.25, 0.3) is 0 Å². The van der Waals surface area contributed by atoms with E-state index in [2.05, 4.69) is 13.8 Å². The molecule has 2 N–H and O–H groups in total. The molecule has 0 amide bonds. The van der Waals surface area contributed by atoms with Crippen LogP contribution in [0.1, 0.15) is 32.3 Å². The van der Waals surface area contributed by atoms with Crippen molar-refractivity contribution in [3.05, 3.63) is 35.6 Å². The molecule has 0 spiro atoms. The maximum absolute atomic E-state index is 12.6. The van der Waals surface area contributed by atoms with Gasteiger partial charge in [0.1, 0.15) is 5.82 Å². The summed E-state index contributed by atoms with van der Waals surface area (Å²) in [6.07, 6.45) is 2.97. The van der Waals surface area contributed by atoms with Gasteiger partial charge in [-0.3, -0.25) is 0 Å². The zero-order valence-electron chi connectivity index (χ0n) is 9.54. The molecule has 1 aromatic rings. The Hall–Kier alpha value is -0.890. The molecule has 1 atom stereocenters. The van der Waals surface area contributed by atoms with E-state index in [9.17, 15) is 4.39 Å². The van der Waals surface area contributed by atoms with Crippen molar-refractivity contribution < 1.29 is 4.39 Å². The van der Waals surface area contributed by atoms with Crippen molar-refractivity contribution in [2.75, 3.05) is 0 Å². The highest BCUT2D eigenvalue weighted by Gasteiger charge is 2.05. The number of rotatable bonds is 5. The van der Waals surface area contributed by atoms with Crippen molar-refractivity contribution in [1.82, 2.24) is 0 Å². The summed E-state index contributed by atoms with van der Waals surface area (Å²) in [5.74, 6) is 0.471. The molecule has 1 rings (SSSR count). The minimum atomic E-state index is -0.176. The molecule has 0 saturated carbocycles. The van der Waals surface area contributed by atoms with Gasteiger partial charge in [-0.15, -0.1) is 0 Å². The van der Waals surface area contributed by atoms with E-state index in [1.54, 1.807) is 0 Å². The molecular weight excluding hydrogens is 189 g/mol. The van der Waals surface area contributed by atoms with Crippen LogP contribution in [-0.2, 0) is 6.42 Å². The molecule has 15 heavy (non-hydrogen) atoms. The number of nitrogens with two attached hydrogens (primary N) is 1. The van der Waals surface area contributed by atoms with E-state index in [1.165, 1.54) is 12.1 Å². The highest BCUT2D eigenvalue weighted by Crippen LogP contribution is 2.10. The van der Waals surface area contributed by atoms with Gasteiger partial charge < -0.3 is 5.73 Å². The van der Waals surface area contributed by atoms with Crippen LogP contribution in [-0.4, -0.2) is 6.04 Å². The standard InChI is InChI=1S/C13H20FN/c1-10(2)9-13(15)8-5-11-3-6-12(14)7-4-11/h3-4,6-7,10,13H,5,8-9,15H2,1-2H3. The van der Waals surface area contributed by atoms with Crippen molar-refractivity contribution in [1.29, 1.82) is 0 Å². The topological polar surface area (TPSA) is 26.0 Å². The van der Waals surface area contributed by atoms with Crippen LogP contribution in [0.3, 0.4) is 0 Å². The van der Waals surface area contributed by atoms with Crippen molar-refractivity contribution >= 4 is 0 Å². The summed E-state index contributed by atoms with van der Waals surface area (Å²) in [6.45, 7) is 4.36. The highest BCUT2D eigenvalue weighted by atomic mass is 19.1. The Labute approximate surface area is 91.5 Å². The molecule has 1 aromatic carbocycles. The van der Waals surface area contributed by atoms with Gasteiger partial charge in [-0.1, -0.05) is 26.0 Å². The molecule has 0 heterocycles. The van der Waals surface area contributed by atoms with E-state index in [-0.39, 0.29) is 11.9 Å². The minimum absolute atomic E-state index is 0.176. The molecule has 0 aromatic heterocycles. The molecule has 0 saturated heterocycles. The Kier molecular flexibility index (Phi) is 4.76. The molecule has 0 fully saturated rings. The van der Waals surface area contributed by atoms with Crippen LogP contribution in [0.25, 0.3) is 0 Å². The predicted molar refractivity (Wildman–Crippen MR) is 62.2 cm³/mol. The lowest BCUT2D eigenvalue weighted by molar-refractivity contribution is 0.473. The Morgan fingerprint density at radius 1 is 1.20 bits per heavy atom. The summed E-state index contributed by atoms with van der Waals surface area (Å²) in [6, 6.07) is 6.93. The van der Waals surface area contributed by atoms with Crippen molar-refractivity contribution in [3.63, 3.8) is 0 Å². The number of hydrogen-bond acceptors (Lipinski definition) is 1. The van der Waals surface area contributed by atoms with Gasteiger partial charge in [0.2, 0.25) is 0 Å². The fourth-order valence-corrected chi connectivity index (χ4v) is 1.73. The van der Waals surface area contributed by atoms with Crippen LogP contribution in [0, 0.1) is 11.7 Å². The van der Waals surface area contributed by atoms with E-state index in [0.29, 0.717) is 5.92 Å². The number of aryl methyl sites for hydroxylation is 1. The molecular formula is C13H20FN. The lowest BCUT2D eigenvalue weighted by Gasteiger charge is -2.13. The van der Waals surface area contributed by atoms with Gasteiger partial charge in [-0.05, 0) is 42.9 Å². The smallest absolute Gasteiger partial charge is 0.123 e. The molecule has 2 heteroatoms. The van der Waals surface area contributed by atoms with Gasteiger partial charge in [0.05, 0.1) is 0 Å². The van der Waals surface area contributed by atoms with Crippen LogP contribution in [0.5, 0.6) is 0 Å². The molecule has 0 aliphatic rings. The maximum Gasteiger partial charge on any atom is 0.123 e. The van der Waals surface area contributed by atoms with E-state index >= 15 is 0 Å². The lowest BCUT2D eigenvalue weighted by atomic mass is 9.98. The fraction of sp³-hybridized carbons (Fsp3) is 0.538. The van der Waals surface area contributed by atoms with Gasteiger partial charge in [0, 0.05) is 6.04 Å². The molecule has 0 aliphatic heterocycles. The van der Waals surface area contributed by atoms with Crippen molar-refractivity contribution in [3.8, 4) is 0 Å². The van der Waals surface area contributed by atoms with E-state index in [4.69, 9.17) is 5.73 Å². The predicted octanol–water partition coefficient (Wildman–Crippen LogP) is 3.13. The number of halogens is 1. The molecule has 84 valence electrons. The van der Waals surface area contributed by atoms with Crippen LogP contribution in [0.4, 0.5) is 4.39 Å². The largest absolute Gasteiger partial charge is 0.328 e. The molecule has 0 bridgehead atoms. The van der Waals surface area contributed by atoms with Crippen molar-refractivity contribution in [2.45, 2.75) is 39.2 Å². The molecule has 1 unspecified atom stereocenters. The second-order valence-electron chi connectivity index (χ2n) is 4.55. The maximum atomic E-state index is 12.6. The number of benzene rings is 1. The fourth-order valence-electron chi connectivity index (χ4n) is 1.73. The zero-order valence-corrected chi connectivity index (χ0v) is 9.54. The molecule has 0 aliphatic carbocycles. The van der Waals surface area contributed by atoms with Crippen LogP contribution < -0.4 is 5.73 Å². The Morgan fingerprint density at radius 2 is 1.80 bits per heavy atom. The zero-order chi connectivity index (χ0) is 11.3. The van der Waals surface area contributed by atoms with Crippen molar-refractivity contribution in [2.24, 2.45) is 11.7 Å². The van der Waals surface area contributed by atoms with E-state index in [0.717, 1.165) is 24.8 Å². The average molecular weight is 209 g/mol. The van der Waals surface area contributed by atoms with Gasteiger partial charge in [-0.25, -0.2) is 4.39 Å². The van der Waals surface area contributed by atoms with Gasteiger partial charge in [-0.2, -0.15) is 0 Å². The first kappa shape index (κ1) is 12.2. The Balaban J connectivity index is 2.33. The summed E-state index contributed by atoms with van der Waals surface area (Å²) < 4.78 is 12.6. The normalized spacial score (nSPS) is 13.1. The first-order chi connectivity index (χ1) is 7.08. The van der Waals surface area contributed by atoms with E-state index in [1.807, 2.05) is 12.1 Å². The first-order valence-corrected chi connectivity index (χ1v) is 5.58. The summed E-state index contributed by atoms with van der Waals surface area (Å²) in [4.78, 5) is 0. The van der Waals surface area contributed by atoms with E-state index < -0.39 is 0 Å². The summed E-state index contributed by atoms with van der Waals surface area (Å²) in [5.41, 5.74) is 7.14. The van der Waals surface area contributed by atoms with Crippen LogP contribution in [0.15, 0.2) is 24.3 Å². The molecule has 1 nitrogen and oxygen atoms in total. The third kappa shape index (κ3) is 4.93. The first-order valence-electron chi connectivity index (χ1n) is 5.58. The second kappa shape index (κ2) is 5.86. The summed E-state index contributed by atoms with van der Waals surface area (Å²) in [7, 11) is 0. The van der Waals surface area contributed by atoms with Crippen LogP contribution >= 0.6 is 0 Å². The SMILES string of the molecule is CC(C)CC(N)CCc1ccc(F)cc1. The van der Waals surface area contributed by atoms with Gasteiger partial charge in [0.15, 0.2) is 0 Å². The lowest BCUT2D eigenvalue weighted by Crippen LogP contribution is -2.22. The quantitative estimate of drug-likeness (QED) is 0.792. The highest BCUT2D eigenvalue weighted by molar-refractivity contribution is 5.16. The second-order valence-corrected chi connectivity index (χ2v) is 4.55. The Morgan fingerprint density at radius 3 is 2.33 bits per heavy atom. The summed E-state index contributed by atoms with van der Waals surface area (Å²) >= 11 is 0. The third-order valence-corrected chi connectivity index (χ3v) is 2.49. The Bertz CT molecular complexity index is 279. The molecule has 0 radical (unpaired) electrons. The van der Waals surface area contributed by atoms with Gasteiger partial charge >= 0.3 is 0 Å². The monoisotopic (exact) mass is 209 g/mol. The number of hydrogen-bond donors (Lipinski definition) is 1. The third-order valence-electron chi connectivity index (χ3n) is 2.49. The summed E-state index contributed by atoms with van der Waals surface area (Å²) in [5, 5.41) is 0. The average Bonchev–Trinajstić information content (AvgIpc) is 2.16. The minimum Gasteiger partial charge on any atom is -0.328 e. The van der Waals surface area contributed by atoms with Crippen LogP contribution in [0.2, 0.25) is 0 Å².